The number of hydrogen-bond donors (Lipinski definition) is 0. The van der Waals surface area contributed by atoms with Crippen molar-refractivity contribution in [1.82, 2.24) is 0 Å². The lowest BCUT2D eigenvalue weighted by Gasteiger charge is -2.13. The molecule has 2 rings (SSSR count). The van der Waals surface area contributed by atoms with Crippen LogP contribution in [0.3, 0.4) is 0 Å². The normalized spacial score (nSPS) is 17.5. The second-order valence-corrected chi connectivity index (χ2v) is 5.13. The minimum Gasteiger partial charge on any atom is -0.294 e. The van der Waals surface area contributed by atoms with E-state index in [0.29, 0.717) is 5.56 Å². The first-order chi connectivity index (χ1) is 8.59. The zero-order valence-electron chi connectivity index (χ0n) is 10.6. The van der Waals surface area contributed by atoms with Crippen LogP contribution in [0.4, 0.5) is 8.78 Å². The minimum atomic E-state index is -0.729. The van der Waals surface area contributed by atoms with E-state index in [4.69, 9.17) is 0 Å². The first-order valence-corrected chi connectivity index (χ1v) is 6.59. The quantitative estimate of drug-likeness (QED) is 0.562. The highest BCUT2D eigenvalue weighted by Gasteiger charge is 2.24. The molecular formula is C15H18F2O. The van der Waals surface area contributed by atoms with Gasteiger partial charge in [0.1, 0.15) is 11.6 Å². The highest BCUT2D eigenvalue weighted by atomic mass is 19.1. The van der Waals surface area contributed by atoms with Crippen molar-refractivity contribution in [2.45, 2.75) is 45.4 Å². The summed E-state index contributed by atoms with van der Waals surface area (Å²) in [7, 11) is 0. The molecule has 1 fully saturated rings. The summed E-state index contributed by atoms with van der Waals surface area (Å²) >= 11 is 0. The van der Waals surface area contributed by atoms with Crippen molar-refractivity contribution < 1.29 is 13.6 Å². The van der Waals surface area contributed by atoms with Crippen LogP contribution < -0.4 is 0 Å². The molecule has 1 saturated carbocycles. The lowest BCUT2D eigenvalue weighted by Crippen LogP contribution is -2.16. The zero-order valence-corrected chi connectivity index (χ0v) is 10.6. The number of hydrogen-bond acceptors (Lipinski definition) is 1. The van der Waals surface area contributed by atoms with E-state index >= 15 is 0 Å². The summed E-state index contributed by atoms with van der Waals surface area (Å²) in [6.45, 7) is 1.55. The van der Waals surface area contributed by atoms with Gasteiger partial charge < -0.3 is 0 Å². The highest BCUT2D eigenvalue weighted by Crippen LogP contribution is 2.27. The van der Waals surface area contributed by atoms with Gasteiger partial charge in [0.25, 0.3) is 0 Å². The molecule has 0 amide bonds. The van der Waals surface area contributed by atoms with E-state index < -0.39 is 11.6 Å². The Labute approximate surface area is 106 Å². The lowest BCUT2D eigenvalue weighted by molar-refractivity contribution is 0.0903. The van der Waals surface area contributed by atoms with Gasteiger partial charge in [0.05, 0.1) is 5.56 Å². The van der Waals surface area contributed by atoms with Crippen molar-refractivity contribution in [3.8, 4) is 0 Å². The maximum atomic E-state index is 13.7. The fourth-order valence-corrected chi connectivity index (χ4v) is 2.61. The summed E-state index contributed by atoms with van der Waals surface area (Å²) in [5.74, 6) is -1.57. The highest BCUT2D eigenvalue weighted by molar-refractivity contribution is 5.98. The third-order valence-electron chi connectivity index (χ3n) is 3.74. The Kier molecular flexibility index (Phi) is 4.10. The van der Waals surface area contributed by atoms with E-state index in [2.05, 4.69) is 0 Å². The second kappa shape index (κ2) is 5.59. The van der Waals surface area contributed by atoms with Crippen LogP contribution in [0.1, 0.15) is 54.4 Å². The van der Waals surface area contributed by atoms with Crippen LogP contribution in [0.2, 0.25) is 0 Å². The number of ketones is 1. The lowest BCUT2D eigenvalue weighted by atomic mass is 9.90. The molecule has 0 saturated heterocycles. The van der Waals surface area contributed by atoms with Crippen LogP contribution in [-0.2, 0) is 0 Å². The fourth-order valence-electron chi connectivity index (χ4n) is 2.61. The number of rotatable bonds is 2. The summed E-state index contributed by atoms with van der Waals surface area (Å²) in [4.78, 5) is 12.3. The van der Waals surface area contributed by atoms with Gasteiger partial charge in [0.15, 0.2) is 5.78 Å². The molecule has 0 aliphatic heterocycles. The molecule has 1 nitrogen and oxygen atoms in total. The molecule has 0 atom stereocenters. The predicted molar refractivity (Wildman–Crippen MR) is 66.6 cm³/mol. The summed E-state index contributed by atoms with van der Waals surface area (Å²) in [5, 5.41) is 0. The monoisotopic (exact) mass is 252 g/mol. The molecule has 1 aliphatic carbocycles. The SMILES string of the molecule is Cc1cc(C(=O)C2CCCCCC2)c(F)cc1F. The molecular weight excluding hydrogens is 234 g/mol. The molecule has 3 heteroatoms. The standard InChI is InChI=1S/C15H18F2O/c1-10-8-12(14(17)9-13(10)16)15(18)11-6-4-2-3-5-7-11/h8-9,11H,2-7H2,1H3. The summed E-state index contributed by atoms with van der Waals surface area (Å²) in [6, 6.07) is 2.16. The Hall–Kier alpha value is -1.25. The number of benzene rings is 1. The zero-order chi connectivity index (χ0) is 13.1. The number of carbonyl (C=O) groups is 1. The Balaban J connectivity index is 2.24. The van der Waals surface area contributed by atoms with E-state index in [9.17, 15) is 13.6 Å². The maximum absolute atomic E-state index is 13.7. The van der Waals surface area contributed by atoms with Crippen molar-refractivity contribution in [2.75, 3.05) is 0 Å². The average molecular weight is 252 g/mol. The van der Waals surface area contributed by atoms with Crippen LogP contribution in [0, 0.1) is 24.5 Å². The van der Waals surface area contributed by atoms with Crippen molar-refractivity contribution in [3.63, 3.8) is 0 Å². The number of aryl methyl sites for hydroxylation is 1. The topological polar surface area (TPSA) is 17.1 Å². The molecule has 18 heavy (non-hydrogen) atoms. The molecule has 1 aromatic rings. The maximum Gasteiger partial charge on any atom is 0.168 e. The molecule has 0 unspecified atom stereocenters. The number of Topliss-reactive ketones (excluding diaryl/α,β-unsaturated/α-hetero) is 1. The molecule has 1 aromatic carbocycles. The van der Waals surface area contributed by atoms with Crippen molar-refractivity contribution >= 4 is 5.78 Å². The first kappa shape index (κ1) is 13.2. The minimum absolute atomic E-state index is 0.0563. The van der Waals surface area contributed by atoms with Gasteiger partial charge in [-0.15, -0.1) is 0 Å². The first-order valence-electron chi connectivity index (χ1n) is 6.59. The van der Waals surface area contributed by atoms with Gasteiger partial charge in [0, 0.05) is 12.0 Å². The molecule has 0 aromatic heterocycles. The van der Waals surface area contributed by atoms with Gasteiger partial charge in [0.2, 0.25) is 0 Å². The molecule has 0 spiro atoms. The third kappa shape index (κ3) is 2.77. The van der Waals surface area contributed by atoms with Gasteiger partial charge >= 0.3 is 0 Å². The third-order valence-corrected chi connectivity index (χ3v) is 3.74. The molecule has 0 N–H and O–H groups in total. The Morgan fingerprint density at radius 1 is 1.06 bits per heavy atom. The summed E-state index contributed by atoms with van der Waals surface area (Å²) < 4.78 is 26.9. The van der Waals surface area contributed by atoms with Crippen LogP contribution >= 0.6 is 0 Å². The van der Waals surface area contributed by atoms with E-state index in [1.807, 2.05) is 0 Å². The van der Waals surface area contributed by atoms with E-state index in [0.717, 1.165) is 44.6 Å². The molecule has 0 radical (unpaired) electrons. The molecule has 98 valence electrons. The van der Waals surface area contributed by atoms with Crippen molar-refractivity contribution in [3.05, 3.63) is 34.9 Å². The van der Waals surface area contributed by atoms with Gasteiger partial charge in [-0.3, -0.25) is 4.79 Å². The molecule has 0 bridgehead atoms. The largest absolute Gasteiger partial charge is 0.294 e. The van der Waals surface area contributed by atoms with Gasteiger partial charge in [-0.25, -0.2) is 8.78 Å². The predicted octanol–water partition coefficient (Wildman–Crippen LogP) is 4.43. The summed E-state index contributed by atoms with van der Waals surface area (Å²) in [5.41, 5.74) is 0.383. The van der Waals surface area contributed by atoms with Crippen LogP contribution in [0.5, 0.6) is 0 Å². The second-order valence-electron chi connectivity index (χ2n) is 5.13. The Morgan fingerprint density at radius 3 is 2.28 bits per heavy atom. The van der Waals surface area contributed by atoms with Gasteiger partial charge in [-0.05, 0) is 31.4 Å². The fraction of sp³-hybridized carbons (Fsp3) is 0.533. The van der Waals surface area contributed by atoms with Gasteiger partial charge in [-0.1, -0.05) is 25.7 Å². The molecule has 1 aliphatic rings. The number of carbonyl (C=O) groups excluding carboxylic acids is 1. The van der Waals surface area contributed by atoms with Crippen LogP contribution in [0.25, 0.3) is 0 Å². The Morgan fingerprint density at radius 2 is 1.67 bits per heavy atom. The number of halogens is 2. The van der Waals surface area contributed by atoms with Crippen molar-refractivity contribution in [1.29, 1.82) is 0 Å². The average Bonchev–Trinajstić information content (AvgIpc) is 2.61. The van der Waals surface area contributed by atoms with Gasteiger partial charge in [-0.2, -0.15) is 0 Å². The summed E-state index contributed by atoms with van der Waals surface area (Å²) in [6.07, 6.45) is 6.00. The smallest absolute Gasteiger partial charge is 0.168 e. The van der Waals surface area contributed by atoms with Crippen molar-refractivity contribution in [2.24, 2.45) is 5.92 Å². The Bertz CT molecular complexity index is 446. The van der Waals surface area contributed by atoms with E-state index in [1.54, 1.807) is 6.92 Å². The molecule has 0 heterocycles. The van der Waals surface area contributed by atoms with E-state index in [1.165, 1.54) is 6.07 Å². The van der Waals surface area contributed by atoms with E-state index in [-0.39, 0.29) is 17.3 Å². The van der Waals surface area contributed by atoms with Crippen LogP contribution in [-0.4, -0.2) is 5.78 Å². The van der Waals surface area contributed by atoms with Crippen LogP contribution in [0.15, 0.2) is 12.1 Å².